The van der Waals surface area contributed by atoms with Crippen LogP contribution in [0, 0.1) is 0 Å². The first kappa shape index (κ1) is 23.7. The maximum atomic E-state index is 5.14. The second-order valence-electron chi connectivity index (χ2n) is 10.1. The van der Waals surface area contributed by atoms with Gasteiger partial charge in [-0.1, -0.05) is 115 Å². The molecule has 2 aromatic heterocycles. The Morgan fingerprint density at radius 1 is 0.488 bits per heavy atom. The lowest BCUT2D eigenvalue weighted by Gasteiger charge is -2.16. The fourth-order valence-electron chi connectivity index (χ4n) is 5.74. The second kappa shape index (κ2) is 9.77. The first-order valence-corrected chi connectivity index (χ1v) is 14.5. The molecule has 6 aromatic carbocycles. The maximum absolute atomic E-state index is 5.14. The van der Waals surface area contributed by atoms with Crippen LogP contribution in [0.1, 0.15) is 0 Å². The molecule has 0 aliphatic rings. The Balaban J connectivity index is 1.39. The molecule has 0 atom stereocenters. The molecule has 0 spiro atoms. The van der Waals surface area contributed by atoms with Gasteiger partial charge in [0.25, 0.3) is 0 Å². The predicted octanol–water partition coefficient (Wildman–Crippen LogP) is 10.1. The van der Waals surface area contributed by atoms with Crippen molar-refractivity contribution in [3.8, 4) is 44.9 Å². The Morgan fingerprint density at radius 2 is 1.22 bits per heavy atom. The summed E-state index contributed by atoms with van der Waals surface area (Å²) in [6.45, 7) is 0. The first-order chi connectivity index (χ1) is 20.3. The van der Waals surface area contributed by atoms with Gasteiger partial charge in [-0.05, 0) is 45.7 Å². The summed E-state index contributed by atoms with van der Waals surface area (Å²) in [4.78, 5) is 14.6. The molecule has 8 aromatic rings. The third-order valence-corrected chi connectivity index (χ3v) is 8.51. The van der Waals surface area contributed by atoms with Crippen molar-refractivity contribution in [3.05, 3.63) is 139 Å². The molecule has 0 N–H and O–H groups in total. The summed E-state index contributed by atoms with van der Waals surface area (Å²) in [5.74, 6) is 0.729. The van der Waals surface area contributed by atoms with Crippen LogP contribution in [-0.4, -0.2) is 15.0 Å². The lowest BCUT2D eigenvalue weighted by molar-refractivity contribution is 1.23. The summed E-state index contributed by atoms with van der Waals surface area (Å²) in [7, 11) is 0. The molecule has 0 saturated carbocycles. The summed E-state index contributed by atoms with van der Waals surface area (Å²) in [6, 6.07) is 46.8. The van der Waals surface area contributed by atoms with E-state index in [1.54, 1.807) is 11.3 Å². The van der Waals surface area contributed by atoms with Gasteiger partial charge in [0, 0.05) is 22.1 Å². The molecule has 0 bridgehead atoms. The molecule has 3 nitrogen and oxygen atoms in total. The van der Waals surface area contributed by atoms with Gasteiger partial charge in [-0.3, -0.25) is 0 Å². The van der Waals surface area contributed by atoms with Gasteiger partial charge in [0.15, 0.2) is 5.82 Å². The molecule has 0 saturated heterocycles. The lowest BCUT2D eigenvalue weighted by atomic mass is 9.88. The van der Waals surface area contributed by atoms with E-state index in [9.17, 15) is 0 Å². The number of thiazole rings is 1. The van der Waals surface area contributed by atoms with E-state index in [-0.39, 0.29) is 0 Å². The monoisotopic (exact) mass is 541 g/mol. The molecule has 0 aliphatic heterocycles. The van der Waals surface area contributed by atoms with Crippen LogP contribution in [0.25, 0.3) is 76.8 Å². The van der Waals surface area contributed by atoms with Crippen molar-refractivity contribution in [3.63, 3.8) is 0 Å². The number of hydrogen-bond donors (Lipinski definition) is 0. The molecule has 0 amide bonds. The number of rotatable bonds is 4. The van der Waals surface area contributed by atoms with Gasteiger partial charge in [-0.25, -0.2) is 15.0 Å². The summed E-state index contributed by atoms with van der Waals surface area (Å²) in [6.07, 6.45) is 0. The highest BCUT2D eigenvalue weighted by Gasteiger charge is 2.17. The fraction of sp³-hybridized carbons (Fsp3) is 0. The zero-order valence-corrected chi connectivity index (χ0v) is 22.8. The second-order valence-corrected chi connectivity index (χ2v) is 10.9. The Morgan fingerprint density at radius 3 is 2.15 bits per heavy atom. The topological polar surface area (TPSA) is 38.7 Å². The number of para-hydroxylation sites is 1. The molecule has 41 heavy (non-hydrogen) atoms. The molecular weight excluding hydrogens is 518 g/mol. The normalized spacial score (nSPS) is 11.4. The zero-order valence-electron chi connectivity index (χ0n) is 22.0. The van der Waals surface area contributed by atoms with Crippen molar-refractivity contribution in [1.29, 1.82) is 0 Å². The third-order valence-electron chi connectivity index (χ3n) is 7.64. The standard InChI is InChI=1S/C37H23N3S/c1-2-11-25(12-3-1)37-39-32-18-7-6-16-31(32)35(40-37)27-14-8-13-26(22-27)34-28-15-5-4-10-24(28)20-21-29(34)30-17-9-19-33-36(30)41-23-38-33/h1-23H. The van der Waals surface area contributed by atoms with E-state index in [0.29, 0.717) is 0 Å². The molecule has 192 valence electrons. The maximum Gasteiger partial charge on any atom is 0.160 e. The summed E-state index contributed by atoms with van der Waals surface area (Å²) in [5.41, 5.74) is 11.7. The van der Waals surface area contributed by atoms with E-state index in [4.69, 9.17) is 9.97 Å². The highest BCUT2D eigenvalue weighted by Crippen LogP contribution is 2.42. The fourth-order valence-corrected chi connectivity index (χ4v) is 6.56. The van der Waals surface area contributed by atoms with Crippen LogP contribution < -0.4 is 0 Å². The lowest BCUT2D eigenvalue weighted by Crippen LogP contribution is -1.95. The Hall–Kier alpha value is -5.19. The van der Waals surface area contributed by atoms with Crippen molar-refractivity contribution in [2.24, 2.45) is 0 Å². The average molecular weight is 542 g/mol. The number of aromatic nitrogens is 3. The number of nitrogens with zero attached hydrogens (tertiary/aromatic N) is 3. The minimum atomic E-state index is 0.729. The summed E-state index contributed by atoms with van der Waals surface area (Å²) in [5, 5.41) is 3.48. The van der Waals surface area contributed by atoms with Crippen molar-refractivity contribution < 1.29 is 0 Å². The van der Waals surface area contributed by atoms with Crippen molar-refractivity contribution in [2.45, 2.75) is 0 Å². The molecule has 8 rings (SSSR count). The van der Waals surface area contributed by atoms with Gasteiger partial charge in [0.05, 0.1) is 26.9 Å². The van der Waals surface area contributed by atoms with E-state index < -0.39 is 0 Å². The van der Waals surface area contributed by atoms with Crippen LogP contribution in [-0.2, 0) is 0 Å². The summed E-state index contributed by atoms with van der Waals surface area (Å²) < 4.78 is 1.20. The van der Waals surface area contributed by atoms with Gasteiger partial charge < -0.3 is 0 Å². The SMILES string of the molecule is c1ccc(-c2nc(-c3cccc(-c4c(-c5cccc6ncsc56)ccc5ccccc45)c3)c3ccccc3n2)cc1. The van der Waals surface area contributed by atoms with Gasteiger partial charge in [-0.15, -0.1) is 11.3 Å². The van der Waals surface area contributed by atoms with E-state index in [1.807, 2.05) is 29.8 Å². The van der Waals surface area contributed by atoms with E-state index >= 15 is 0 Å². The van der Waals surface area contributed by atoms with Gasteiger partial charge in [-0.2, -0.15) is 0 Å². The molecule has 2 heterocycles. The van der Waals surface area contributed by atoms with E-state index in [0.717, 1.165) is 44.6 Å². The van der Waals surface area contributed by atoms with Crippen LogP contribution in [0.4, 0.5) is 0 Å². The number of hydrogen-bond acceptors (Lipinski definition) is 4. The molecule has 0 radical (unpaired) electrons. The minimum Gasteiger partial charge on any atom is -0.245 e. The van der Waals surface area contributed by atoms with Crippen LogP contribution in [0.5, 0.6) is 0 Å². The molecule has 0 aliphatic carbocycles. The minimum absolute atomic E-state index is 0.729. The average Bonchev–Trinajstić information content (AvgIpc) is 3.54. The van der Waals surface area contributed by atoms with Crippen LogP contribution in [0.2, 0.25) is 0 Å². The number of fused-ring (bicyclic) bond motifs is 3. The van der Waals surface area contributed by atoms with Gasteiger partial charge in [0.1, 0.15) is 0 Å². The molecule has 4 heteroatoms. The highest BCUT2D eigenvalue weighted by atomic mass is 32.1. The Labute approximate surface area is 241 Å². The van der Waals surface area contributed by atoms with Crippen LogP contribution in [0.15, 0.2) is 139 Å². The Kier molecular flexibility index (Phi) is 5.64. The van der Waals surface area contributed by atoms with Crippen LogP contribution >= 0.6 is 11.3 Å². The van der Waals surface area contributed by atoms with E-state index in [1.165, 1.54) is 32.2 Å². The van der Waals surface area contributed by atoms with Gasteiger partial charge in [0.2, 0.25) is 0 Å². The molecule has 0 fully saturated rings. The predicted molar refractivity (Wildman–Crippen MR) is 172 cm³/mol. The van der Waals surface area contributed by atoms with Gasteiger partial charge >= 0.3 is 0 Å². The van der Waals surface area contributed by atoms with Crippen molar-refractivity contribution in [1.82, 2.24) is 15.0 Å². The zero-order chi connectivity index (χ0) is 27.2. The first-order valence-electron chi connectivity index (χ1n) is 13.6. The smallest absolute Gasteiger partial charge is 0.160 e. The third kappa shape index (κ3) is 4.08. The molecule has 0 unspecified atom stereocenters. The highest BCUT2D eigenvalue weighted by molar-refractivity contribution is 7.17. The number of benzene rings is 6. The quantitative estimate of drug-likeness (QED) is 0.222. The Bertz CT molecular complexity index is 2220. The van der Waals surface area contributed by atoms with Crippen molar-refractivity contribution >= 4 is 43.2 Å². The van der Waals surface area contributed by atoms with E-state index in [2.05, 4.69) is 114 Å². The largest absolute Gasteiger partial charge is 0.245 e. The molecular formula is C37H23N3S. The van der Waals surface area contributed by atoms with Crippen molar-refractivity contribution in [2.75, 3.05) is 0 Å². The summed E-state index contributed by atoms with van der Waals surface area (Å²) >= 11 is 1.69. The van der Waals surface area contributed by atoms with Crippen LogP contribution in [0.3, 0.4) is 0 Å².